The average molecular weight is 219 g/mol. The molecule has 0 saturated carbocycles. The van der Waals surface area contributed by atoms with Crippen LogP contribution >= 0.6 is 0 Å². The summed E-state index contributed by atoms with van der Waals surface area (Å²) < 4.78 is 0. The average Bonchev–Trinajstić information content (AvgIpc) is 2.18. The van der Waals surface area contributed by atoms with E-state index in [2.05, 4.69) is 10.7 Å². The number of nitrogens with two attached hydrogens (primary N) is 1. The van der Waals surface area contributed by atoms with Crippen LogP contribution in [0.4, 0.5) is 0 Å². The van der Waals surface area contributed by atoms with Gasteiger partial charge in [-0.1, -0.05) is 19.8 Å². The van der Waals surface area contributed by atoms with E-state index < -0.39 is 12.0 Å². The highest BCUT2D eigenvalue weighted by Crippen LogP contribution is 1.99. The van der Waals surface area contributed by atoms with E-state index >= 15 is 0 Å². The molecule has 0 fully saturated rings. The Kier molecular flexibility index (Phi) is 7.57. The fraction of sp³-hybridized carbons (Fsp3) is 0.778. The molecule has 0 spiro atoms. The standard InChI is InChI=1S/C9H19N3O3/c1-2-3-4-7(12-10)9(15)11-6-5-8(13)14/h7,12H,2-6,10H2,1H3,(H,11,15)(H,13,14)/i1+1,10+1. The van der Waals surface area contributed by atoms with Crippen LogP contribution in [0.2, 0.25) is 0 Å². The van der Waals surface area contributed by atoms with Crippen molar-refractivity contribution in [3.8, 4) is 0 Å². The van der Waals surface area contributed by atoms with Gasteiger partial charge in [0.2, 0.25) is 5.91 Å². The maximum atomic E-state index is 11.4. The molecule has 1 unspecified atom stereocenters. The van der Waals surface area contributed by atoms with E-state index in [9.17, 15) is 9.59 Å². The third-order valence-electron chi connectivity index (χ3n) is 2.00. The van der Waals surface area contributed by atoms with Gasteiger partial charge in [-0.05, 0) is 6.42 Å². The summed E-state index contributed by atoms with van der Waals surface area (Å²) in [4.78, 5) is 21.6. The number of aliphatic carboxylic acids is 1. The number of carbonyl (C=O) groups excluding carboxylic acids is 1. The Morgan fingerprint density at radius 1 is 1.47 bits per heavy atom. The summed E-state index contributed by atoms with van der Waals surface area (Å²) in [6, 6.07) is -0.432. The molecule has 1 atom stereocenters. The molecule has 6 heteroatoms. The van der Waals surface area contributed by atoms with Crippen LogP contribution < -0.4 is 16.6 Å². The van der Waals surface area contributed by atoms with Gasteiger partial charge in [-0.25, -0.2) is 5.43 Å². The van der Waals surface area contributed by atoms with Crippen LogP contribution in [0.15, 0.2) is 0 Å². The summed E-state index contributed by atoms with van der Waals surface area (Å²) in [5.74, 6) is 4.05. The number of nitrogens with one attached hydrogen (secondary N) is 2. The summed E-state index contributed by atoms with van der Waals surface area (Å²) in [5.41, 5.74) is 2.42. The van der Waals surface area contributed by atoms with Crippen LogP contribution in [0.3, 0.4) is 0 Å². The SMILES string of the molecule is [13CH3]CCCC(N[15NH2])C(=O)NCCC(=O)O. The zero-order valence-corrected chi connectivity index (χ0v) is 8.95. The van der Waals surface area contributed by atoms with Gasteiger partial charge in [-0.15, -0.1) is 0 Å². The Balaban J connectivity index is 3.77. The third-order valence-corrected chi connectivity index (χ3v) is 2.00. The van der Waals surface area contributed by atoms with Crippen molar-refractivity contribution >= 4 is 11.9 Å². The minimum absolute atomic E-state index is 0.0726. The predicted molar refractivity (Wildman–Crippen MR) is 55.9 cm³/mol. The number of rotatable bonds is 8. The van der Waals surface area contributed by atoms with E-state index in [1.807, 2.05) is 6.92 Å². The van der Waals surface area contributed by atoms with E-state index in [4.69, 9.17) is 10.9 Å². The normalized spacial score (nSPS) is 12.1. The largest absolute Gasteiger partial charge is 0.481 e. The van der Waals surface area contributed by atoms with Crippen LogP contribution in [-0.4, -0.2) is 29.6 Å². The molecule has 0 aliphatic rings. The number of carbonyl (C=O) groups is 2. The lowest BCUT2D eigenvalue weighted by Crippen LogP contribution is -2.47. The Bertz CT molecular complexity index is 209. The number of unbranched alkanes of at least 4 members (excludes halogenated alkanes) is 1. The summed E-state index contributed by atoms with van der Waals surface area (Å²) in [7, 11) is 0. The molecule has 5 N–H and O–H groups in total. The van der Waals surface area contributed by atoms with Gasteiger partial charge >= 0.3 is 5.97 Å². The van der Waals surface area contributed by atoms with Crippen molar-refractivity contribution in [2.45, 2.75) is 38.6 Å². The van der Waals surface area contributed by atoms with E-state index in [1.54, 1.807) is 0 Å². The number of hydrogen-bond acceptors (Lipinski definition) is 4. The van der Waals surface area contributed by atoms with Gasteiger partial charge in [-0.3, -0.25) is 15.4 Å². The topological polar surface area (TPSA) is 104 Å². The Hall–Kier alpha value is -1.14. The summed E-state index contributed by atoms with van der Waals surface area (Å²) in [6.07, 6.45) is 2.48. The fourth-order valence-corrected chi connectivity index (χ4v) is 1.11. The first-order valence-electron chi connectivity index (χ1n) is 5.07. The quantitative estimate of drug-likeness (QED) is 0.192. The molecule has 88 valence electrons. The maximum Gasteiger partial charge on any atom is 0.305 e. The number of hydrogen-bond donors (Lipinski definition) is 4. The molecule has 0 aromatic carbocycles. The second kappa shape index (κ2) is 8.19. The molecule has 0 radical (unpaired) electrons. The Morgan fingerprint density at radius 3 is 2.60 bits per heavy atom. The highest BCUT2D eigenvalue weighted by molar-refractivity contribution is 5.82. The van der Waals surface area contributed by atoms with Crippen LogP contribution in [-0.2, 0) is 9.59 Å². The first-order valence-corrected chi connectivity index (χ1v) is 5.07. The lowest BCUT2D eigenvalue weighted by Gasteiger charge is -2.14. The molecular formula is C9H19N3O3. The minimum atomic E-state index is -0.930. The summed E-state index contributed by atoms with van der Waals surface area (Å²) in [6.45, 7) is 2.16. The van der Waals surface area contributed by atoms with Crippen molar-refractivity contribution in [1.82, 2.24) is 10.7 Å². The van der Waals surface area contributed by atoms with Gasteiger partial charge in [0.1, 0.15) is 0 Å². The Morgan fingerprint density at radius 2 is 2.13 bits per heavy atom. The number of carboxylic acids is 1. The smallest absolute Gasteiger partial charge is 0.305 e. The molecule has 6 nitrogen and oxygen atoms in total. The predicted octanol–water partition coefficient (Wildman–Crippen LogP) is -0.401. The molecule has 0 saturated heterocycles. The fourth-order valence-electron chi connectivity index (χ4n) is 1.11. The summed E-state index contributed by atoms with van der Waals surface area (Å²) in [5, 5.41) is 10.9. The second-order valence-electron chi connectivity index (χ2n) is 3.30. The first kappa shape index (κ1) is 13.9. The number of hydrazine groups is 1. The Labute approximate surface area is 89.2 Å². The van der Waals surface area contributed by atoms with Gasteiger partial charge in [0, 0.05) is 6.54 Å². The first-order chi connectivity index (χ1) is 7.11. The van der Waals surface area contributed by atoms with Gasteiger partial charge in [0.15, 0.2) is 0 Å². The van der Waals surface area contributed by atoms with Gasteiger partial charge in [0.05, 0.1) is 12.5 Å². The molecule has 0 aliphatic carbocycles. The lowest BCUT2D eigenvalue weighted by atomic mass is 10.1. The van der Waals surface area contributed by atoms with Gasteiger partial charge < -0.3 is 10.4 Å². The van der Waals surface area contributed by atoms with Crippen LogP contribution in [0.1, 0.15) is 32.6 Å². The maximum absolute atomic E-state index is 11.4. The number of carboxylic acid groups (broad SMARTS) is 1. The van der Waals surface area contributed by atoms with E-state index in [1.165, 1.54) is 0 Å². The number of amides is 1. The molecule has 0 heterocycles. The lowest BCUT2D eigenvalue weighted by molar-refractivity contribution is -0.137. The van der Waals surface area contributed by atoms with Crippen molar-refractivity contribution in [2.24, 2.45) is 5.84 Å². The highest BCUT2D eigenvalue weighted by atomic mass is 16.4. The molecule has 15 heavy (non-hydrogen) atoms. The summed E-state index contributed by atoms with van der Waals surface area (Å²) >= 11 is 0. The van der Waals surface area contributed by atoms with Crippen molar-refractivity contribution in [3.05, 3.63) is 0 Å². The monoisotopic (exact) mass is 219 g/mol. The minimum Gasteiger partial charge on any atom is -0.481 e. The van der Waals surface area contributed by atoms with Crippen LogP contribution in [0.25, 0.3) is 0 Å². The van der Waals surface area contributed by atoms with Crippen molar-refractivity contribution in [1.29, 1.82) is 0 Å². The van der Waals surface area contributed by atoms with Gasteiger partial charge in [-0.2, -0.15) is 0 Å². The molecule has 0 aliphatic heterocycles. The zero-order chi connectivity index (χ0) is 11.7. The third kappa shape index (κ3) is 6.87. The van der Waals surface area contributed by atoms with Crippen LogP contribution in [0, 0.1) is 0 Å². The van der Waals surface area contributed by atoms with E-state index in [-0.39, 0.29) is 18.9 Å². The van der Waals surface area contributed by atoms with Crippen molar-refractivity contribution < 1.29 is 14.7 Å². The van der Waals surface area contributed by atoms with E-state index in [0.29, 0.717) is 6.42 Å². The molecule has 0 aromatic heterocycles. The molecule has 0 rings (SSSR count). The van der Waals surface area contributed by atoms with E-state index in [0.717, 1.165) is 12.8 Å². The van der Waals surface area contributed by atoms with Crippen LogP contribution in [0.5, 0.6) is 0 Å². The van der Waals surface area contributed by atoms with Crippen molar-refractivity contribution in [3.63, 3.8) is 0 Å². The molecule has 0 bridgehead atoms. The molecule has 0 aromatic rings. The second-order valence-corrected chi connectivity index (χ2v) is 3.30. The molecular weight excluding hydrogens is 200 g/mol. The van der Waals surface area contributed by atoms with Gasteiger partial charge in [0.25, 0.3) is 0 Å². The highest BCUT2D eigenvalue weighted by Gasteiger charge is 2.15. The zero-order valence-electron chi connectivity index (χ0n) is 8.95. The molecule has 1 amide bonds. The van der Waals surface area contributed by atoms with Crippen molar-refractivity contribution in [2.75, 3.05) is 6.54 Å².